The zero-order valence-electron chi connectivity index (χ0n) is 15.7. The Hall–Kier alpha value is -2.10. The molecule has 8 nitrogen and oxygen atoms in total. The molecule has 0 atom stereocenters. The molecule has 1 aromatic heterocycles. The van der Waals surface area contributed by atoms with Crippen LogP contribution in [0, 0.1) is 5.41 Å². The maximum absolute atomic E-state index is 13.0. The molecule has 0 aliphatic carbocycles. The fraction of sp³-hybridized carbons (Fsp3) is 0.444. The predicted octanol–water partition coefficient (Wildman–Crippen LogP) is 2.38. The summed E-state index contributed by atoms with van der Waals surface area (Å²) in [4.78, 5) is 12.9. The van der Waals surface area contributed by atoms with Crippen molar-refractivity contribution in [1.29, 1.82) is 0 Å². The number of carbonyl (C=O) groups is 1. The highest BCUT2D eigenvalue weighted by molar-refractivity contribution is 7.90. The first-order chi connectivity index (χ1) is 13.1. The predicted molar refractivity (Wildman–Crippen MR) is 102 cm³/mol. The highest BCUT2D eigenvalue weighted by atomic mass is 35.5. The number of nitrogens with one attached hydrogen (secondary N) is 1. The van der Waals surface area contributed by atoms with Gasteiger partial charge < -0.3 is 14.6 Å². The number of nitrogens with zero attached hydrogens (tertiary/aromatic N) is 1. The first-order valence-corrected chi connectivity index (χ1v) is 10.9. The lowest BCUT2D eigenvalue weighted by molar-refractivity contribution is -0.120. The summed E-state index contributed by atoms with van der Waals surface area (Å²) >= 11 is 6.42. The average Bonchev–Trinajstić information content (AvgIpc) is 2.98. The van der Waals surface area contributed by atoms with Gasteiger partial charge >= 0.3 is 0 Å². The molecule has 0 unspecified atom stereocenters. The molecule has 1 aliphatic heterocycles. The van der Waals surface area contributed by atoms with Gasteiger partial charge in [0.2, 0.25) is 11.7 Å². The summed E-state index contributed by atoms with van der Waals surface area (Å²) < 4.78 is 35.3. The molecular formula is C18H21ClN2O6S. The van der Waals surface area contributed by atoms with Gasteiger partial charge in [0.1, 0.15) is 10.5 Å². The maximum atomic E-state index is 13.0. The molecule has 1 saturated heterocycles. The van der Waals surface area contributed by atoms with Crippen molar-refractivity contribution in [3.63, 3.8) is 0 Å². The fourth-order valence-corrected chi connectivity index (χ4v) is 4.09. The van der Waals surface area contributed by atoms with Gasteiger partial charge in [0.05, 0.1) is 30.5 Å². The van der Waals surface area contributed by atoms with E-state index in [0.717, 1.165) is 6.26 Å². The molecule has 10 heteroatoms. The number of halogens is 1. The first kappa shape index (κ1) is 20.6. The summed E-state index contributed by atoms with van der Waals surface area (Å²) in [5.74, 6) is -1.02. The van der Waals surface area contributed by atoms with Crippen LogP contribution in [-0.4, -0.2) is 55.6 Å². The number of hydrogen-bond acceptors (Lipinski definition) is 7. The van der Waals surface area contributed by atoms with Gasteiger partial charge in [-0.3, -0.25) is 4.79 Å². The summed E-state index contributed by atoms with van der Waals surface area (Å²) in [6.45, 7) is 4.89. The van der Waals surface area contributed by atoms with Crippen molar-refractivity contribution in [1.82, 2.24) is 10.2 Å². The van der Waals surface area contributed by atoms with E-state index in [-0.39, 0.29) is 44.7 Å². The molecule has 1 aliphatic rings. The van der Waals surface area contributed by atoms with Crippen LogP contribution in [0.4, 0.5) is 0 Å². The van der Waals surface area contributed by atoms with Gasteiger partial charge in [-0.25, -0.2) is 13.5 Å². The second kappa shape index (κ2) is 7.38. The third-order valence-electron chi connectivity index (χ3n) is 4.56. The van der Waals surface area contributed by atoms with Crippen molar-refractivity contribution in [2.75, 3.05) is 26.1 Å². The Bertz CT molecular complexity index is 1030. The average molecular weight is 429 g/mol. The molecule has 1 fully saturated rings. The molecule has 2 heterocycles. The van der Waals surface area contributed by atoms with Crippen molar-refractivity contribution in [2.24, 2.45) is 5.41 Å². The molecular weight excluding hydrogens is 408 g/mol. The number of hydrogen-bond donors (Lipinski definition) is 2. The van der Waals surface area contributed by atoms with Crippen LogP contribution in [0.15, 0.2) is 17.0 Å². The van der Waals surface area contributed by atoms with E-state index in [1.54, 1.807) is 6.92 Å². The number of H-pyrrole nitrogens is 1. The van der Waals surface area contributed by atoms with Gasteiger partial charge in [-0.1, -0.05) is 25.4 Å². The summed E-state index contributed by atoms with van der Waals surface area (Å²) in [5.41, 5.74) is 0.149. The normalized spacial score (nSPS) is 15.9. The van der Waals surface area contributed by atoms with Gasteiger partial charge in [-0.05, 0) is 18.6 Å². The van der Waals surface area contributed by atoms with Crippen molar-refractivity contribution < 1.29 is 27.8 Å². The van der Waals surface area contributed by atoms with E-state index >= 15 is 0 Å². The van der Waals surface area contributed by atoms with E-state index in [1.807, 2.05) is 6.92 Å². The number of aromatic nitrogens is 2. The number of aromatic amines is 1. The zero-order valence-corrected chi connectivity index (χ0v) is 17.3. The fourth-order valence-electron chi connectivity index (χ4n) is 2.92. The Balaban J connectivity index is 2.06. The SMILES string of the molecule is CCc1n[nH]c(O)c1C(=O)c1ccc(S(C)(=O)=O)c(OCC2(C)COC2)c1Cl. The maximum Gasteiger partial charge on any atom is 0.218 e. The molecule has 28 heavy (non-hydrogen) atoms. The van der Waals surface area contributed by atoms with E-state index in [0.29, 0.717) is 25.3 Å². The molecule has 152 valence electrons. The minimum Gasteiger partial charge on any atom is -0.493 e. The summed E-state index contributed by atoms with van der Waals surface area (Å²) in [6, 6.07) is 2.60. The van der Waals surface area contributed by atoms with Crippen LogP contribution in [-0.2, 0) is 21.0 Å². The van der Waals surface area contributed by atoms with Crippen molar-refractivity contribution in [3.8, 4) is 11.6 Å². The molecule has 2 aromatic rings. The lowest BCUT2D eigenvalue weighted by Crippen LogP contribution is -2.44. The standard InChI is InChI=1S/C18H21ClN2O6S/c1-4-11-13(17(23)21-20-11)15(22)10-5-6-12(28(3,24)25)16(14(10)19)27-9-18(2)7-26-8-18/h5-6H,4,7-9H2,1-3H3,(H2,20,21,23). The third kappa shape index (κ3) is 3.74. The summed E-state index contributed by atoms with van der Waals surface area (Å²) in [5, 5.41) is 16.1. The van der Waals surface area contributed by atoms with E-state index in [4.69, 9.17) is 21.1 Å². The third-order valence-corrected chi connectivity index (χ3v) is 6.05. The Morgan fingerprint density at radius 3 is 2.64 bits per heavy atom. The Morgan fingerprint density at radius 2 is 2.11 bits per heavy atom. The number of ether oxygens (including phenoxy) is 2. The Labute approximate surface area is 167 Å². The highest BCUT2D eigenvalue weighted by Gasteiger charge is 2.35. The molecule has 2 N–H and O–H groups in total. The zero-order chi connectivity index (χ0) is 20.7. The van der Waals surface area contributed by atoms with Crippen LogP contribution in [0.5, 0.6) is 11.6 Å². The largest absolute Gasteiger partial charge is 0.493 e. The van der Waals surface area contributed by atoms with Gasteiger partial charge in [0, 0.05) is 17.2 Å². The molecule has 0 radical (unpaired) electrons. The smallest absolute Gasteiger partial charge is 0.218 e. The molecule has 0 bridgehead atoms. The first-order valence-electron chi connectivity index (χ1n) is 8.61. The topological polar surface area (TPSA) is 119 Å². The Morgan fingerprint density at radius 1 is 1.43 bits per heavy atom. The summed E-state index contributed by atoms with van der Waals surface area (Å²) in [6.07, 6.45) is 1.46. The molecule has 3 rings (SSSR count). The quantitative estimate of drug-likeness (QED) is 0.650. The molecule has 0 spiro atoms. The number of carbonyl (C=O) groups excluding carboxylic acids is 1. The Kier molecular flexibility index (Phi) is 5.44. The van der Waals surface area contributed by atoms with Gasteiger partial charge in [0.15, 0.2) is 15.6 Å². The molecule has 0 amide bonds. The van der Waals surface area contributed by atoms with Crippen molar-refractivity contribution in [2.45, 2.75) is 25.2 Å². The van der Waals surface area contributed by atoms with Gasteiger partial charge in [-0.2, -0.15) is 5.10 Å². The van der Waals surface area contributed by atoms with Crippen LogP contribution in [0.3, 0.4) is 0 Å². The number of sulfone groups is 1. The second-order valence-corrected chi connectivity index (χ2v) is 9.56. The number of aryl methyl sites for hydroxylation is 1. The lowest BCUT2D eigenvalue weighted by atomic mass is 9.90. The van der Waals surface area contributed by atoms with E-state index in [9.17, 15) is 18.3 Å². The monoisotopic (exact) mass is 428 g/mol. The molecule has 1 aromatic carbocycles. The van der Waals surface area contributed by atoms with Crippen LogP contribution in [0.1, 0.15) is 35.5 Å². The van der Waals surface area contributed by atoms with Gasteiger partial charge in [-0.15, -0.1) is 0 Å². The van der Waals surface area contributed by atoms with Crippen LogP contribution in [0.2, 0.25) is 5.02 Å². The number of ketones is 1. The number of benzene rings is 1. The minimum atomic E-state index is -3.65. The van der Waals surface area contributed by atoms with Crippen molar-refractivity contribution >= 4 is 27.2 Å². The van der Waals surface area contributed by atoms with E-state index in [1.165, 1.54) is 12.1 Å². The van der Waals surface area contributed by atoms with Crippen LogP contribution >= 0.6 is 11.6 Å². The van der Waals surface area contributed by atoms with Gasteiger partial charge in [0.25, 0.3) is 0 Å². The van der Waals surface area contributed by atoms with Crippen molar-refractivity contribution in [3.05, 3.63) is 34.0 Å². The minimum absolute atomic E-state index is 0.00168. The van der Waals surface area contributed by atoms with Crippen LogP contribution in [0.25, 0.3) is 0 Å². The van der Waals surface area contributed by atoms with Crippen LogP contribution < -0.4 is 4.74 Å². The highest BCUT2D eigenvalue weighted by Crippen LogP contribution is 2.39. The second-order valence-electron chi connectivity index (χ2n) is 7.20. The number of aromatic hydroxyl groups is 1. The number of rotatable bonds is 7. The summed E-state index contributed by atoms with van der Waals surface area (Å²) in [7, 11) is -3.65. The van der Waals surface area contributed by atoms with E-state index < -0.39 is 15.6 Å². The molecule has 0 saturated carbocycles. The van der Waals surface area contributed by atoms with E-state index in [2.05, 4.69) is 10.2 Å². The lowest BCUT2D eigenvalue weighted by Gasteiger charge is -2.37.